The number of rotatable bonds is 5. The SMILES string of the molecule is Cc1cc(CN(C)C(c2ccccc2Br)C(C)N)no1. The first-order valence-electron chi connectivity index (χ1n) is 6.61. The molecule has 2 aromatic rings. The predicted molar refractivity (Wildman–Crippen MR) is 83.2 cm³/mol. The van der Waals surface area contributed by atoms with Crippen LogP contribution in [0.5, 0.6) is 0 Å². The van der Waals surface area contributed by atoms with Crippen LogP contribution in [0.4, 0.5) is 0 Å². The molecular formula is C15H20BrN3O. The summed E-state index contributed by atoms with van der Waals surface area (Å²) in [7, 11) is 2.05. The van der Waals surface area contributed by atoms with Gasteiger partial charge in [-0.25, -0.2) is 0 Å². The number of likely N-dealkylation sites (N-methyl/N-ethyl adjacent to an activating group) is 1. The van der Waals surface area contributed by atoms with Gasteiger partial charge in [-0.15, -0.1) is 0 Å². The van der Waals surface area contributed by atoms with Gasteiger partial charge in [0.15, 0.2) is 0 Å². The van der Waals surface area contributed by atoms with E-state index in [2.05, 4.69) is 39.1 Å². The maximum Gasteiger partial charge on any atom is 0.133 e. The molecule has 0 saturated carbocycles. The first-order chi connectivity index (χ1) is 9.49. The third kappa shape index (κ3) is 3.48. The lowest BCUT2D eigenvalue weighted by molar-refractivity contribution is 0.204. The topological polar surface area (TPSA) is 55.3 Å². The summed E-state index contributed by atoms with van der Waals surface area (Å²) in [6.07, 6.45) is 0. The maximum absolute atomic E-state index is 6.19. The Kier molecular flexibility index (Phi) is 4.96. The quantitative estimate of drug-likeness (QED) is 0.909. The van der Waals surface area contributed by atoms with E-state index in [1.54, 1.807) is 0 Å². The second kappa shape index (κ2) is 6.52. The molecule has 1 aromatic carbocycles. The van der Waals surface area contributed by atoms with Gasteiger partial charge in [0.25, 0.3) is 0 Å². The molecule has 2 atom stereocenters. The zero-order valence-electron chi connectivity index (χ0n) is 12.0. The van der Waals surface area contributed by atoms with Gasteiger partial charge in [-0.3, -0.25) is 4.90 Å². The van der Waals surface area contributed by atoms with Gasteiger partial charge in [-0.2, -0.15) is 0 Å². The van der Waals surface area contributed by atoms with Crippen LogP contribution in [0.25, 0.3) is 0 Å². The van der Waals surface area contributed by atoms with Gasteiger partial charge in [0.1, 0.15) is 5.76 Å². The highest BCUT2D eigenvalue weighted by Gasteiger charge is 2.23. The second-order valence-corrected chi connectivity index (χ2v) is 6.02. The van der Waals surface area contributed by atoms with Crippen molar-refractivity contribution in [1.29, 1.82) is 0 Å². The van der Waals surface area contributed by atoms with Crippen molar-refractivity contribution in [2.24, 2.45) is 5.73 Å². The number of aromatic nitrogens is 1. The van der Waals surface area contributed by atoms with Gasteiger partial charge < -0.3 is 10.3 Å². The molecule has 0 aliphatic rings. The molecule has 5 heteroatoms. The molecule has 0 radical (unpaired) electrons. The summed E-state index contributed by atoms with van der Waals surface area (Å²) >= 11 is 3.61. The van der Waals surface area contributed by atoms with Gasteiger partial charge in [0.2, 0.25) is 0 Å². The number of hydrogen-bond donors (Lipinski definition) is 1. The van der Waals surface area contributed by atoms with Crippen molar-refractivity contribution in [2.45, 2.75) is 32.5 Å². The van der Waals surface area contributed by atoms with Crippen LogP contribution in [0.1, 0.15) is 30.0 Å². The van der Waals surface area contributed by atoms with Crippen LogP contribution in [-0.4, -0.2) is 23.1 Å². The van der Waals surface area contributed by atoms with Crippen molar-refractivity contribution >= 4 is 15.9 Å². The molecular weight excluding hydrogens is 318 g/mol. The van der Waals surface area contributed by atoms with E-state index in [0.717, 1.165) is 15.9 Å². The van der Waals surface area contributed by atoms with Gasteiger partial charge >= 0.3 is 0 Å². The monoisotopic (exact) mass is 337 g/mol. The first kappa shape index (κ1) is 15.2. The predicted octanol–water partition coefficient (Wildman–Crippen LogP) is 3.27. The lowest BCUT2D eigenvalue weighted by Crippen LogP contribution is -2.37. The average molecular weight is 338 g/mol. The molecule has 0 fully saturated rings. The molecule has 0 amide bonds. The zero-order valence-corrected chi connectivity index (χ0v) is 13.6. The Morgan fingerprint density at radius 1 is 1.40 bits per heavy atom. The van der Waals surface area contributed by atoms with Crippen molar-refractivity contribution in [3.05, 3.63) is 51.8 Å². The van der Waals surface area contributed by atoms with Gasteiger partial charge in [0, 0.05) is 23.1 Å². The fourth-order valence-electron chi connectivity index (χ4n) is 2.48. The van der Waals surface area contributed by atoms with Gasteiger partial charge in [-0.05, 0) is 32.5 Å². The standard InChI is InChI=1S/C15H20BrN3O/c1-10-8-12(18-20-10)9-19(3)15(11(2)17)13-6-4-5-7-14(13)16/h4-8,11,15H,9,17H2,1-3H3. The smallest absolute Gasteiger partial charge is 0.133 e. The Bertz CT molecular complexity index is 568. The Labute approximate surface area is 128 Å². The van der Waals surface area contributed by atoms with Crippen LogP contribution >= 0.6 is 15.9 Å². The molecule has 108 valence electrons. The lowest BCUT2D eigenvalue weighted by atomic mass is 9.99. The van der Waals surface area contributed by atoms with Crippen molar-refractivity contribution in [1.82, 2.24) is 10.1 Å². The van der Waals surface area contributed by atoms with Crippen LogP contribution in [-0.2, 0) is 6.54 Å². The Hall–Kier alpha value is -1.17. The highest BCUT2D eigenvalue weighted by Crippen LogP contribution is 2.29. The van der Waals surface area contributed by atoms with Crippen molar-refractivity contribution in [3.63, 3.8) is 0 Å². The summed E-state index contributed by atoms with van der Waals surface area (Å²) in [5.41, 5.74) is 8.30. The molecule has 0 saturated heterocycles. The van der Waals surface area contributed by atoms with E-state index in [0.29, 0.717) is 6.54 Å². The van der Waals surface area contributed by atoms with Crippen molar-refractivity contribution < 1.29 is 4.52 Å². The average Bonchev–Trinajstić information content (AvgIpc) is 2.77. The summed E-state index contributed by atoms with van der Waals surface area (Å²) in [4.78, 5) is 2.20. The second-order valence-electron chi connectivity index (χ2n) is 5.17. The molecule has 0 spiro atoms. The largest absolute Gasteiger partial charge is 0.361 e. The van der Waals surface area contributed by atoms with Crippen LogP contribution in [0, 0.1) is 6.92 Å². The van der Waals surface area contributed by atoms with E-state index < -0.39 is 0 Å². The molecule has 20 heavy (non-hydrogen) atoms. The molecule has 0 aliphatic carbocycles. The van der Waals surface area contributed by atoms with E-state index in [-0.39, 0.29) is 12.1 Å². The molecule has 0 aliphatic heterocycles. The van der Waals surface area contributed by atoms with Gasteiger partial charge in [-0.1, -0.05) is 39.3 Å². The molecule has 2 N–H and O–H groups in total. The van der Waals surface area contributed by atoms with Crippen LogP contribution in [0.2, 0.25) is 0 Å². The number of aryl methyl sites for hydroxylation is 1. The lowest BCUT2D eigenvalue weighted by Gasteiger charge is -2.31. The summed E-state index contributed by atoms with van der Waals surface area (Å²) in [5.74, 6) is 0.826. The minimum atomic E-state index is 0.00620. The van der Waals surface area contributed by atoms with Crippen molar-refractivity contribution in [3.8, 4) is 0 Å². The number of halogens is 1. The summed E-state index contributed by atoms with van der Waals surface area (Å²) in [6, 6.07) is 10.3. The molecule has 2 unspecified atom stereocenters. The summed E-state index contributed by atoms with van der Waals surface area (Å²) < 4.78 is 6.19. The fraction of sp³-hybridized carbons (Fsp3) is 0.400. The van der Waals surface area contributed by atoms with E-state index in [4.69, 9.17) is 10.3 Å². The zero-order chi connectivity index (χ0) is 14.7. The Morgan fingerprint density at radius 2 is 2.10 bits per heavy atom. The number of nitrogens with two attached hydrogens (primary N) is 1. The number of nitrogens with zero attached hydrogens (tertiary/aromatic N) is 2. The van der Waals surface area contributed by atoms with E-state index >= 15 is 0 Å². The Balaban J connectivity index is 2.22. The molecule has 1 aromatic heterocycles. The molecule has 0 bridgehead atoms. The first-order valence-corrected chi connectivity index (χ1v) is 7.40. The summed E-state index contributed by atoms with van der Waals surface area (Å²) in [5, 5.41) is 4.04. The Morgan fingerprint density at radius 3 is 2.65 bits per heavy atom. The minimum Gasteiger partial charge on any atom is -0.361 e. The normalized spacial score (nSPS) is 14.5. The van der Waals surface area contributed by atoms with Crippen LogP contribution < -0.4 is 5.73 Å². The van der Waals surface area contributed by atoms with E-state index in [9.17, 15) is 0 Å². The minimum absolute atomic E-state index is 0.00620. The number of benzene rings is 1. The van der Waals surface area contributed by atoms with Gasteiger partial charge in [0.05, 0.1) is 11.7 Å². The van der Waals surface area contributed by atoms with Crippen LogP contribution in [0.15, 0.2) is 39.3 Å². The van der Waals surface area contributed by atoms with E-state index in [1.165, 1.54) is 5.56 Å². The molecule has 1 heterocycles. The summed E-state index contributed by atoms with van der Waals surface area (Å²) in [6.45, 7) is 4.62. The van der Waals surface area contributed by atoms with E-state index in [1.807, 2.05) is 38.1 Å². The maximum atomic E-state index is 6.19. The third-order valence-corrected chi connectivity index (χ3v) is 4.01. The highest BCUT2D eigenvalue weighted by molar-refractivity contribution is 9.10. The fourth-order valence-corrected chi connectivity index (χ4v) is 3.00. The molecule has 2 rings (SSSR count). The molecule has 4 nitrogen and oxygen atoms in total. The van der Waals surface area contributed by atoms with Crippen molar-refractivity contribution in [2.75, 3.05) is 7.05 Å². The highest BCUT2D eigenvalue weighted by atomic mass is 79.9. The third-order valence-electron chi connectivity index (χ3n) is 3.28. The number of hydrogen-bond acceptors (Lipinski definition) is 4. The van der Waals surface area contributed by atoms with Crippen LogP contribution in [0.3, 0.4) is 0 Å².